The summed E-state index contributed by atoms with van der Waals surface area (Å²) in [7, 11) is 0. The number of carbonyl (C=O) groups is 1. The van der Waals surface area contributed by atoms with Gasteiger partial charge in [-0.05, 0) is 25.1 Å². The van der Waals surface area contributed by atoms with Gasteiger partial charge < -0.3 is 14.8 Å². The molecule has 0 fully saturated rings. The second-order valence-corrected chi connectivity index (χ2v) is 5.22. The molecular formula is C17H12F3N3O3. The highest BCUT2D eigenvalue weighted by molar-refractivity contribution is 6.03. The minimum atomic E-state index is -3.75. The Kier molecular flexibility index (Phi) is 4.37. The van der Waals surface area contributed by atoms with Crippen LogP contribution < -0.4 is 14.8 Å². The molecule has 6 nitrogen and oxygen atoms in total. The molecule has 0 unspecified atom stereocenters. The highest BCUT2D eigenvalue weighted by Gasteiger charge is 2.44. The summed E-state index contributed by atoms with van der Waals surface area (Å²) in [6.07, 6.45) is -0.371. The van der Waals surface area contributed by atoms with Crippen LogP contribution in [0.2, 0.25) is 0 Å². The summed E-state index contributed by atoms with van der Waals surface area (Å²) in [5, 5.41) is 2.37. The molecule has 0 radical (unpaired) electrons. The van der Waals surface area contributed by atoms with Gasteiger partial charge in [0.25, 0.3) is 5.91 Å². The van der Waals surface area contributed by atoms with Gasteiger partial charge in [0.1, 0.15) is 5.83 Å². The zero-order valence-electron chi connectivity index (χ0n) is 13.4. The third-order valence-electron chi connectivity index (χ3n) is 3.48. The number of allylic oxidation sites excluding steroid dienone is 2. The maximum atomic E-state index is 13.3. The van der Waals surface area contributed by atoms with E-state index in [4.69, 9.17) is 0 Å². The van der Waals surface area contributed by atoms with Gasteiger partial charge in [0.05, 0.1) is 18.1 Å². The molecule has 9 heteroatoms. The van der Waals surface area contributed by atoms with E-state index in [1.807, 2.05) is 0 Å². The second kappa shape index (κ2) is 6.51. The number of carbonyl (C=O) groups excluding carboxylic acids is 1. The van der Waals surface area contributed by atoms with Crippen LogP contribution in [0.3, 0.4) is 0 Å². The molecule has 0 spiro atoms. The first-order valence-electron chi connectivity index (χ1n) is 7.32. The Labute approximate surface area is 146 Å². The SMILES string of the molecule is C=C/C(F)=C(\C)C(=O)Nc1cnc(-c2cccc3c2OC(F)(F)O3)cn1. The maximum absolute atomic E-state index is 13.3. The average Bonchev–Trinajstić information content (AvgIpc) is 2.94. The fraction of sp³-hybridized carbons (Fsp3) is 0.118. The number of para-hydroxylation sites is 1. The molecule has 2 heterocycles. The Morgan fingerprint density at radius 1 is 1.27 bits per heavy atom. The highest BCUT2D eigenvalue weighted by Crippen LogP contribution is 2.46. The lowest BCUT2D eigenvalue weighted by atomic mass is 10.1. The number of halogens is 3. The van der Waals surface area contributed by atoms with E-state index in [2.05, 4.69) is 31.3 Å². The van der Waals surface area contributed by atoms with E-state index in [0.717, 1.165) is 6.08 Å². The van der Waals surface area contributed by atoms with Crippen molar-refractivity contribution in [1.29, 1.82) is 0 Å². The molecule has 134 valence electrons. The number of ether oxygens (including phenoxy) is 2. The van der Waals surface area contributed by atoms with E-state index >= 15 is 0 Å². The standard InChI is InChI=1S/C17H12F3N3O3/c1-3-11(18)9(2)16(24)23-14-8-21-12(7-22-14)10-5-4-6-13-15(10)26-17(19,20)25-13/h3-8H,1H2,2H3,(H,22,23,24)/b11-9-. The molecule has 0 atom stereocenters. The van der Waals surface area contributed by atoms with E-state index in [1.165, 1.54) is 37.5 Å². The first-order valence-corrected chi connectivity index (χ1v) is 7.32. The fourth-order valence-electron chi connectivity index (χ4n) is 2.17. The van der Waals surface area contributed by atoms with Crippen LogP contribution in [0.15, 0.2) is 54.6 Å². The normalized spacial score (nSPS) is 15.2. The van der Waals surface area contributed by atoms with Crippen LogP contribution in [0.25, 0.3) is 11.3 Å². The van der Waals surface area contributed by atoms with E-state index in [9.17, 15) is 18.0 Å². The predicted octanol–water partition coefficient (Wildman–Crippen LogP) is 3.83. The molecule has 1 aliphatic rings. The minimum Gasteiger partial charge on any atom is -0.395 e. The monoisotopic (exact) mass is 363 g/mol. The summed E-state index contributed by atoms with van der Waals surface area (Å²) >= 11 is 0. The van der Waals surface area contributed by atoms with Crippen LogP contribution in [-0.2, 0) is 4.79 Å². The Bertz CT molecular complexity index is 911. The van der Waals surface area contributed by atoms with Crippen molar-refractivity contribution in [2.75, 3.05) is 5.32 Å². The number of amides is 1. The molecule has 0 saturated carbocycles. The largest absolute Gasteiger partial charge is 0.586 e. The van der Waals surface area contributed by atoms with Crippen LogP contribution in [0.1, 0.15) is 6.92 Å². The summed E-state index contributed by atoms with van der Waals surface area (Å²) in [6.45, 7) is 4.53. The molecule has 0 bridgehead atoms. The number of anilines is 1. The van der Waals surface area contributed by atoms with Gasteiger partial charge in [-0.15, -0.1) is 8.78 Å². The fourth-order valence-corrected chi connectivity index (χ4v) is 2.17. The van der Waals surface area contributed by atoms with Gasteiger partial charge >= 0.3 is 6.29 Å². The summed E-state index contributed by atoms with van der Waals surface area (Å²) in [4.78, 5) is 19.9. The van der Waals surface area contributed by atoms with Crippen LogP contribution in [0.4, 0.5) is 19.0 Å². The van der Waals surface area contributed by atoms with Crippen molar-refractivity contribution in [3.05, 3.63) is 54.6 Å². The Morgan fingerprint density at radius 3 is 2.69 bits per heavy atom. The van der Waals surface area contributed by atoms with Crippen molar-refractivity contribution in [3.63, 3.8) is 0 Å². The lowest BCUT2D eigenvalue weighted by Gasteiger charge is -2.08. The molecule has 1 aliphatic heterocycles. The maximum Gasteiger partial charge on any atom is 0.586 e. The van der Waals surface area contributed by atoms with Gasteiger partial charge in [0, 0.05) is 11.1 Å². The molecule has 1 amide bonds. The molecule has 0 saturated heterocycles. The topological polar surface area (TPSA) is 73.3 Å². The Hall–Kier alpha value is -3.36. The Balaban J connectivity index is 1.83. The molecule has 1 N–H and O–H groups in total. The van der Waals surface area contributed by atoms with Crippen LogP contribution in [0, 0.1) is 0 Å². The number of hydrogen-bond acceptors (Lipinski definition) is 5. The first-order chi connectivity index (χ1) is 12.3. The Morgan fingerprint density at radius 2 is 2.04 bits per heavy atom. The van der Waals surface area contributed by atoms with Gasteiger partial charge in [0.2, 0.25) is 0 Å². The minimum absolute atomic E-state index is 0.0602. The number of nitrogens with zero attached hydrogens (tertiary/aromatic N) is 2. The summed E-state index contributed by atoms with van der Waals surface area (Å²) < 4.78 is 48.7. The first kappa shape index (κ1) is 17.5. The van der Waals surface area contributed by atoms with Gasteiger partial charge in [-0.3, -0.25) is 9.78 Å². The number of benzene rings is 1. The molecule has 26 heavy (non-hydrogen) atoms. The second-order valence-electron chi connectivity index (χ2n) is 5.22. The lowest BCUT2D eigenvalue weighted by Crippen LogP contribution is -2.26. The molecular weight excluding hydrogens is 351 g/mol. The zero-order chi connectivity index (χ0) is 18.9. The number of nitrogens with one attached hydrogen (secondary N) is 1. The molecule has 1 aromatic carbocycles. The van der Waals surface area contributed by atoms with E-state index in [0.29, 0.717) is 0 Å². The lowest BCUT2D eigenvalue weighted by molar-refractivity contribution is -0.286. The zero-order valence-corrected chi connectivity index (χ0v) is 13.4. The van der Waals surface area contributed by atoms with Crippen LogP contribution in [-0.4, -0.2) is 22.2 Å². The van der Waals surface area contributed by atoms with Crippen molar-refractivity contribution in [2.45, 2.75) is 13.2 Å². The van der Waals surface area contributed by atoms with Gasteiger partial charge in [-0.1, -0.05) is 12.6 Å². The van der Waals surface area contributed by atoms with E-state index in [-0.39, 0.29) is 34.1 Å². The van der Waals surface area contributed by atoms with Gasteiger partial charge in [-0.25, -0.2) is 9.37 Å². The van der Waals surface area contributed by atoms with E-state index < -0.39 is 18.0 Å². The van der Waals surface area contributed by atoms with Crippen LogP contribution >= 0.6 is 0 Å². The quantitative estimate of drug-likeness (QED) is 0.660. The smallest absolute Gasteiger partial charge is 0.395 e. The third-order valence-corrected chi connectivity index (χ3v) is 3.48. The summed E-state index contributed by atoms with van der Waals surface area (Å²) in [6, 6.07) is 4.35. The van der Waals surface area contributed by atoms with Crippen molar-refractivity contribution >= 4 is 11.7 Å². The van der Waals surface area contributed by atoms with Crippen molar-refractivity contribution in [3.8, 4) is 22.8 Å². The van der Waals surface area contributed by atoms with Crippen LogP contribution in [0.5, 0.6) is 11.5 Å². The third kappa shape index (κ3) is 3.37. The summed E-state index contributed by atoms with van der Waals surface area (Å²) in [5.41, 5.74) is 0.309. The van der Waals surface area contributed by atoms with Gasteiger partial charge in [-0.2, -0.15) is 0 Å². The predicted molar refractivity (Wildman–Crippen MR) is 86.3 cm³/mol. The molecule has 0 aliphatic carbocycles. The van der Waals surface area contributed by atoms with Crippen molar-refractivity contribution in [1.82, 2.24) is 9.97 Å². The van der Waals surface area contributed by atoms with Crippen molar-refractivity contribution in [2.24, 2.45) is 0 Å². The number of rotatable bonds is 4. The number of alkyl halides is 2. The number of fused-ring (bicyclic) bond motifs is 1. The van der Waals surface area contributed by atoms with Crippen molar-refractivity contribution < 1.29 is 27.4 Å². The number of hydrogen-bond donors (Lipinski definition) is 1. The van der Waals surface area contributed by atoms with E-state index in [1.54, 1.807) is 0 Å². The molecule has 1 aromatic heterocycles. The van der Waals surface area contributed by atoms with Gasteiger partial charge in [0.15, 0.2) is 17.3 Å². The highest BCUT2D eigenvalue weighted by atomic mass is 19.3. The molecule has 2 aromatic rings. The molecule has 3 rings (SSSR count). The summed E-state index contributed by atoms with van der Waals surface area (Å²) in [5.74, 6) is -1.68. The average molecular weight is 363 g/mol. The number of aromatic nitrogens is 2.